The molecule has 0 aromatic carbocycles. The largest absolute Gasteiger partial charge is 0.469 e. The number of carbonyl (C=O) groups is 2. The van der Waals surface area contributed by atoms with E-state index in [0.717, 1.165) is 6.42 Å². The van der Waals surface area contributed by atoms with Crippen molar-refractivity contribution in [2.45, 2.75) is 65.5 Å². The molecule has 0 aliphatic carbocycles. The number of ether oxygens (including phenoxy) is 1. The Morgan fingerprint density at radius 3 is 2.12 bits per heavy atom. The summed E-state index contributed by atoms with van der Waals surface area (Å²) in [5, 5.41) is 13.4. The summed E-state index contributed by atoms with van der Waals surface area (Å²) < 4.78 is 4.48. The van der Waals surface area contributed by atoms with Crippen molar-refractivity contribution < 1.29 is 19.2 Å². The lowest BCUT2D eigenvalue weighted by Gasteiger charge is -2.18. The highest BCUT2D eigenvalue weighted by molar-refractivity contribution is 7.59. The molecule has 0 radical (unpaired) electrons. The molecule has 7 nitrogen and oxygen atoms in total. The maximum Gasteiger partial charge on any atom is 0.308 e. The van der Waals surface area contributed by atoms with E-state index in [2.05, 4.69) is 23.9 Å². The smallest absolute Gasteiger partial charge is 0.308 e. The van der Waals surface area contributed by atoms with E-state index < -0.39 is 17.4 Å². The van der Waals surface area contributed by atoms with Crippen LogP contribution in [0.25, 0.3) is 0 Å². The Bertz CT molecular complexity index is 442. The van der Waals surface area contributed by atoms with Crippen LogP contribution in [-0.2, 0) is 14.3 Å². The van der Waals surface area contributed by atoms with E-state index in [1.54, 1.807) is 6.92 Å². The molecule has 0 aromatic rings. The van der Waals surface area contributed by atoms with Gasteiger partial charge in [0.1, 0.15) is 0 Å². The van der Waals surface area contributed by atoms with Crippen molar-refractivity contribution in [1.82, 2.24) is 5.32 Å². The van der Waals surface area contributed by atoms with Crippen LogP contribution in [0.5, 0.6) is 0 Å². The van der Waals surface area contributed by atoms with Crippen molar-refractivity contribution in [2.75, 3.05) is 7.11 Å². The molecule has 1 aliphatic rings. The quantitative estimate of drug-likeness (QED) is 0.456. The highest BCUT2D eigenvalue weighted by Gasteiger charge is 2.35. The Kier molecular flexibility index (Phi) is 12.6. The van der Waals surface area contributed by atoms with Gasteiger partial charge in [0.25, 0.3) is 0 Å². The fourth-order valence-corrected chi connectivity index (χ4v) is 2.47. The van der Waals surface area contributed by atoms with Crippen molar-refractivity contribution >= 4 is 38.9 Å². The predicted molar refractivity (Wildman–Crippen MR) is 104 cm³/mol. The topological polar surface area (TPSA) is 98.5 Å². The third-order valence-electron chi connectivity index (χ3n) is 3.63. The zero-order valence-corrected chi connectivity index (χ0v) is 17.6. The summed E-state index contributed by atoms with van der Waals surface area (Å²) in [6, 6.07) is 0. The molecule has 1 heterocycles. The summed E-state index contributed by atoms with van der Waals surface area (Å²) in [7, 11) is 1.28. The number of amides is 1. The molecule has 0 saturated carbocycles. The van der Waals surface area contributed by atoms with Gasteiger partial charge in [-0.25, -0.2) is 0 Å². The molecule has 1 rings (SSSR count). The Labute approximate surface area is 158 Å². The van der Waals surface area contributed by atoms with Crippen LogP contribution in [-0.4, -0.2) is 35.0 Å². The van der Waals surface area contributed by atoms with E-state index in [1.165, 1.54) is 21.0 Å². The Balaban J connectivity index is -0.000000355. The van der Waals surface area contributed by atoms with Gasteiger partial charge in [-0.3, -0.25) is 19.7 Å². The lowest BCUT2D eigenvalue weighted by Crippen LogP contribution is -2.35. The first-order chi connectivity index (χ1) is 9.82. The van der Waals surface area contributed by atoms with Crippen LogP contribution < -0.4 is 5.32 Å². The van der Waals surface area contributed by atoms with Crippen molar-refractivity contribution in [3.63, 3.8) is 0 Å². The van der Waals surface area contributed by atoms with E-state index in [9.17, 15) is 19.7 Å². The number of hydrogen-bond donors (Lipinski definition) is 1. The first-order valence-corrected chi connectivity index (χ1v) is 7.37. The van der Waals surface area contributed by atoms with Crippen molar-refractivity contribution in [1.29, 1.82) is 0 Å². The Morgan fingerprint density at radius 1 is 1.46 bits per heavy atom. The Morgan fingerprint density at radius 2 is 1.92 bits per heavy atom. The standard InChI is InChI=1S/C8H15NO4.C7H13NO.2H2S/c1-6(7(10)13-4)5-8(2,3)9(11)12;1-5-4-7(2,3)8-6(5)9;;/h6H,5H2,1-4H3;5H,4H2,1-3H3,(H,8,9);2*1H2/t6-;5-;;/m00../s1. The summed E-state index contributed by atoms with van der Waals surface area (Å²) >= 11 is 0. The number of nitrogens with one attached hydrogen (secondary N) is 1. The molecule has 1 amide bonds. The molecule has 1 aliphatic heterocycles. The van der Waals surface area contributed by atoms with Crippen LogP contribution in [0.3, 0.4) is 0 Å². The number of hydrogen-bond acceptors (Lipinski definition) is 5. The second-order valence-corrected chi connectivity index (χ2v) is 7.18. The van der Waals surface area contributed by atoms with Gasteiger partial charge in [0, 0.05) is 36.6 Å². The van der Waals surface area contributed by atoms with Crippen molar-refractivity contribution in [3.8, 4) is 0 Å². The van der Waals surface area contributed by atoms with Gasteiger partial charge in [-0.1, -0.05) is 13.8 Å². The molecule has 1 fully saturated rings. The van der Waals surface area contributed by atoms with Crippen LogP contribution in [0, 0.1) is 22.0 Å². The fraction of sp³-hybridized carbons (Fsp3) is 0.867. The minimum atomic E-state index is -1.08. The van der Waals surface area contributed by atoms with Crippen molar-refractivity contribution in [3.05, 3.63) is 10.1 Å². The van der Waals surface area contributed by atoms with Gasteiger partial charge >= 0.3 is 5.97 Å². The molecule has 0 bridgehead atoms. The zero-order chi connectivity index (χ0) is 17.7. The van der Waals surface area contributed by atoms with Crippen LogP contribution in [0.1, 0.15) is 54.4 Å². The minimum Gasteiger partial charge on any atom is -0.469 e. The average molecular weight is 385 g/mol. The second-order valence-electron chi connectivity index (χ2n) is 7.18. The third kappa shape index (κ3) is 9.36. The van der Waals surface area contributed by atoms with Gasteiger partial charge in [0.2, 0.25) is 11.4 Å². The molecule has 9 heteroatoms. The highest BCUT2D eigenvalue weighted by Crippen LogP contribution is 2.23. The Hall–Kier alpha value is -0.960. The van der Waals surface area contributed by atoms with E-state index >= 15 is 0 Å². The van der Waals surface area contributed by atoms with Gasteiger partial charge in [0.15, 0.2) is 0 Å². The summed E-state index contributed by atoms with van der Waals surface area (Å²) in [5.74, 6) is -0.444. The number of rotatable bonds is 4. The van der Waals surface area contributed by atoms with Crippen LogP contribution in [0.2, 0.25) is 0 Å². The average Bonchev–Trinajstić information content (AvgIpc) is 2.59. The molecule has 24 heavy (non-hydrogen) atoms. The maximum atomic E-state index is 11.0. The van der Waals surface area contributed by atoms with Crippen LogP contribution in [0.15, 0.2) is 0 Å². The highest BCUT2D eigenvalue weighted by atomic mass is 32.1. The van der Waals surface area contributed by atoms with Gasteiger partial charge < -0.3 is 10.1 Å². The lowest BCUT2D eigenvalue weighted by atomic mass is 9.92. The van der Waals surface area contributed by atoms with Gasteiger partial charge in [-0.15, -0.1) is 0 Å². The SMILES string of the molecule is COC(=O)[C@@H](C)CC(C)(C)[N+](=O)[O-].C[C@H]1CC(C)(C)NC1=O.S.S. The van der Waals surface area contributed by atoms with E-state index in [4.69, 9.17) is 0 Å². The summed E-state index contributed by atoms with van der Waals surface area (Å²) in [4.78, 5) is 32.0. The van der Waals surface area contributed by atoms with Gasteiger partial charge in [-0.05, 0) is 20.3 Å². The number of esters is 1. The first kappa shape index (κ1) is 27.9. The normalized spacial score (nSPS) is 19.5. The predicted octanol–water partition coefficient (Wildman–Crippen LogP) is 2.39. The summed E-state index contributed by atoms with van der Waals surface area (Å²) in [5.41, 5.74) is -1.04. The third-order valence-corrected chi connectivity index (χ3v) is 3.63. The van der Waals surface area contributed by atoms with Crippen LogP contribution in [0.4, 0.5) is 0 Å². The monoisotopic (exact) mass is 384 g/mol. The van der Waals surface area contributed by atoms with Gasteiger partial charge in [-0.2, -0.15) is 27.0 Å². The number of methoxy groups -OCH3 is 1. The molecule has 1 N–H and O–H groups in total. The number of nitro groups is 1. The van der Waals surface area contributed by atoms with E-state index in [-0.39, 0.29) is 55.7 Å². The zero-order valence-electron chi connectivity index (χ0n) is 15.6. The molecular weight excluding hydrogens is 352 g/mol. The first-order valence-electron chi connectivity index (χ1n) is 7.37. The molecular formula is C15H32N2O5S2. The summed E-state index contributed by atoms with van der Waals surface area (Å²) in [6.07, 6.45) is 1.15. The van der Waals surface area contributed by atoms with Gasteiger partial charge in [0.05, 0.1) is 13.0 Å². The van der Waals surface area contributed by atoms with Crippen molar-refractivity contribution in [2.24, 2.45) is 11.8 Å². The minimum absolute atomic E-state index is 0. The molecule has 144 valence electrons. The van der Waals surface area contributed by atoms with Crippen LogP contribution >= 0.6 is 27.0 Å². The summed E-state index contributed by atoms with van der Waals surface area (Å²) in [6.45, 7) is 10.7. The molecule has 2 atom stereocenters. The maximum absolute atomic E-state index is 11.0. The fourth-order valence-electron chi connectivity index (χ4n) is 2.47. The van der Waals surface area contributed by atoms with E-state index in [0.29, 0.717) is 0 Å². The number of nitrogens with zero attached hydrogens (tertiary/aromatic N) is 1. The molecule has 0 spiro atoms. The molecule has 1 saturated heterocycles. The lowest BCUT2D eigenvalue weighted by molar-refractivity contribution is -0.562. The second kappa shape index (κ2) is 10.8. The molecule has 0 aromatic heterocycles. The number of carbonyl (C=O) groups excluding carboxylic acids is 2. The molecule has 0 unspecified atom stereocenters. The van der Waals surface area contributed by atoms with E-state index in [1.807, 2.05) is 6.92 Å².